The van der Waals surface area contributed by atoms with E-state index in [1.807, 2.05) is 61.5 Å². The molecule has 36 heavy (non-hydrogen) atoms. The minimum Gasteiger partial charge on any atom is -0.476 e. The first-order valence-corrected chi connectivity index (χ1v) is 12.4. The number of rotatable bonds is 11. The molecule has 3 aromatic carbocycles. The number of hydrogen-bond acceptors (Lipinski definition) is 7. The number of anilines is 1. The zero-order valence-corrected chi connectivity index (χ0v) is 20.8. The van der Waals surface area contributed by atoms with E-state index in [2.05, 4.69) is 51.9 Å². The first-order valence-electron chi connectivity index (χ1n) is 11.5. The Bertz CT molecular complexity index is 1200. The summed E-state index contributed by atoms with van der Waals surface area (Å²) < 4.78 is 5.27. The summed E-state index contributed by atoms with van der Waals surface area (Å²) in [6, 6.07) is 30.3. The number of aromatic nitrogens is 1. The van der Waals surface area contributed by atoms with E-state index in [0.717, 1.165) is 16.7 Å². The van der Waals surface area contributed by atoms with Crippen LogP contribution in [-0.4, -0.2) is 34.7 Å². The Morgan fingerprint density at radius 3 is 1.92 bits per heavy atom. The number of oxime groups is 1. The Labute approximate surface area is 214 Å². The van der Waals surface area contributed by atoms with Gasteiger partial charge in [0.15, 0.2) is 5.13 Å². The van der Waals surface area contributed by atoms with Gasteiger partial charge < -0.3 is 20.0 Å². The number of aliphatic carboxylic acids is 1. The van der Waals surface area contributed by atoms with E-state index in [-0.39, 0.29) is 11.4 Å². The maximum atomic E-state index is 11.9. The molecule has 4 rings (SSSR count). The molecule has 0 spiro atoms. The van der Waals surface area contributed by atoms with Gasteiger partial charge in [0.25, 0.3) is 0 Å². The van der Waals surface area contributed by atoms with Gasteiger partial charge in [-0.15, -0.1) is 11.3 Å². The maximum Gasteiger partial charge on any atom is 0.360 e. The van der Waals surface area contributed by atoms with Crippen LogP contribution in [0, 0.1) is 0 Å². The predicted molar refractivity (Wildman–Crippen MR) is 141 cm³/mol. The van der Waals surface area contributed by atoms with E-state index < -0.39 is 17.8 Å². The molecule has 1 heterocycles. The van der Waals surface area contributed by atoms with Crippen LogP contribution in [0.5, 0.6) is 0 Å². The van der Waals surface area contributed by atoms with Crippen molar-refractivity contribution >= 4 is 28.1 Å². The first-order chi connectivity index (χ1) is 17.5. The molecule has 0 aliphatic heterocycles. The van der Waals surface area contributed by atoms with Gasteiger partial charge in [-0.25, -0.2) is 9.78 Å². The highest BCUT2D eigenvalue weighted by molar-refractivity contribution is 7.14. The van der Waals surface area contributed by atoms with E-state index >= 15 is 0 Å². The van der Waals surface area contributed by atoms with Gasteiger partial charge in [-0.05, 0) is 23.6 Å². The first kappa shape index (κ1) is 25.1. The smallest absolute Gasteiger partial charge is 0.360 e. The fourth-order valence-corrected chi connectivity index (χ4v) is 4.72. The molecule has 4 aromatic rings. The van der Waals surface area contributed by atoms with Crippen LogP contribution in [0.3, 0.4) is 0 Å². The molecule has 0 amide bonds. The molecule has 0 bridgehead atoms. The van der Waals surface area contributed by atoms with Crippen molar-refractivity contribution in [1.82, 2.24) is 4.98 Å². The summed E-state index contributed by atoms with van der Waals surface area (Å²) in [7, 11) is 0. The van der Waals surface area contributed by atoms with Crippen molar-refractivity contribution < 1.29 is 19.5 Å². The maximum absolute atomic E-state index is 11.9. The summed E-state index contributed by atoms with van der Waals surface area (Å²) in [5.74, 6) is -1.24. The Morgan fingerprint density at radius 2 is 1.47 bits per heavy atom. The molecule has 0 radical (unpaired) electrons. The molecule has 1 atom stereocenters. The van der Waals surface area contributed by atoms with Gasteiger partial charge in [-0.3, -0.25) is 0 Å². The largest absolute Gasteiger partial charge is 0.476 e. The summed E-state index contributed by atoms with van der Waals surface area (Å²) in [5.41, 5.74) is 2.16. The van der Waals surface area contributed by atoms with Gasteiger partial charge in [0.1, 0.15) is 11.2 Å². The molecule has 1 aromatic heterocycles. The molecule has 1 unspecified atom stereocenters. The van der Waals surface area contributed by atoms with E-state index in [9.17, 15) is 9.90 Å². The topological polar surface area (TPSA) is 93.0 Å². The Hall–Kier alpha value is -4.01. The molecule has 0 aliphatic rings. The van der Waals surface area contributed by atoms with E-state index in [1.165, 1.54) is 11.3 Å². The second-order valence-electron chi connectivity index (χ2n) is 7.88. The lowest BCUT2D eigenvalue weighted by Gasteiger charge is -2.36. The van der Waals surface area contributed by atoms with E-state index in [4.69, 9.17) is 9.57 Å². The summed E-state index contributed by atoms with van der Waals surface area (Å²) in [6.07, 6.45) is -0.678. The van der Waals surface area contributed by atoms with Crippen molar-refractivity contribution in [1.29, 1.82) is 0 Å². The number of carboxylic acid groups (broad SMARTS) is 1. The molecular weight excluding hydrogens is 474 g/mol. The highest BCUT2D eigenvalue weighted by Gasteiger charge is 2.37. The third-order valence-corrected chi connectivity index (χ3v) is 6.32. The van der Waals surface area contributed by atoms with Crippen molar-refractivity contribution in [3.8, 4) is 0 Å². The number of benzene rings is 3. The molecule has 0 aliphatic carbocycles. The van der Waals surface area contributed by atoms with Gasteiger partial charge in [0.2, 0.25) is 12.0 Å². The van der Waals surface area contributed by atoms with Crippen LogP contribution < -0.4 is 5.32 Å². The molecule has 184 valence electrons. The molecule has 0 fully saturated rings. The molecular formula is C28H27N3O4S. The van der Waals surface area contributed by atoms with Crippen LogP contribution in [0.25, 0.3) is 0 Å². The minimum absolute atomic E-state index is 0.196. The average molecular weight is 502 g/mol. The van der Waals surface area contributed by atoms with Gasteiger partial charge >= 0.3 is 5.97 Å². The van der Waals surface area contributed by atoms with E-state index in [1.54, 1.807) is 12.3 Å². The lowest BCUT2D eigenvalue weighted by Crippen LogP contribution is -2.38. The number of thiazole rings is 1. The number of carbonyl (C=O) groups is 1. The third kappa shape index (κ3) is 5.45. The van der Waals surface area contributed by atoms with Gasteiger partial charge in [-0.2, -0.15) is 0 Å². The number of hydrogen-bond donors (Lipinski definition) is 2. The van der Waals surface area contributed by atoms with Crippen LogP contribution >= 0.6 is 11.3 Å². The summed E-state index contributed by atoms with van der Waals surface area (Å²) >= 11 is 1.30. The molecule has 2 N–H and O–H groups in total. The van der Waals surface area contributed by atoms with Crippen molar-refractivity contribution in [3.63, 3.8) is 0 Å². The lowest BCUT2D eigenvalue weighted by molar-refractivity contribution is -0.133. The Balaban J connectivity index is 1.79. The highest BCUT2D eigenvalue weighted by Crippen LogP contribution is 2.40. The monoisotopic (exact) mass is 501 g/mol. The second-order valence-corrected chi connectivity index (χ2v) is 8.74. The Kier molecular flexibility index (Phi) is 8.10. The van der Waals surface area contributed by atoms with Crippen molar-refractivity contribution in [2.45, 2.75) is 25.7 Å². The third-order valence-electron chi connectivity index (χ3n) is 5.56. The van der Waals surface area contributed by atoms with Crippen LogP contribution in [0.1, 0.15) is 36.2 Å². The van der Waals surface area contributed by atoms with Crippen molar-refractivity contribution in [2.24, 2.45) is 5.16 Å². The zero-order valence-electron chi connectivity index (χ0n) is 20.0. The molecule has 8 heteroatoms. The van der Waals surface area contributed by atoms with Crippen LogP contribution in [0.15, 0.2) is 102 Å². The summed E-state index contributed by atoms with van der Waals surface area (Å²) in [6.45, 7) is 3.89. The number of nitrogens with zero attached hydrogens (tertiary/aromatic N) is 2. The van der Waals surface area contributed by atoms with Gasteiger partial charge in [0, 0.05) is 18.9 Å². The summed E-state index contributed by atoms with van der Waals surface area (Å²) in [4.78, 5) is 21.7. The van der Waals surface area contributed by atoms with Gasteiger partial charge in [0.05, 0.1) is 0 Å². The minimum atomic E-state index is -1.24. The zero-order chi connectivity index (χ0) is 25.4. The number of carboxylic acids is 1. The SMILES string of the molecule is CCOC(C)O/N=C(\C(=O)O)c1csc(NC(c2ccccc2)(c2ccccc2)c2ccccc2)n1. The quantitative estimate of drug-likeness (QED) is 0.118. The number of ether oxygens (including phenoxy) is 1. The summed E-state index contributed by atoms with van der Waals surface area (Å²) in [5, 5.41) is 19.4. The van der Waals surface area contributed by atoms with Crippen molar-refractivity contribution in [2.75, 3.05) is 11.9 Å². The Morgan fingerprint density at radius 1 is 0.972 bits per heavy atom. The van der Waals surface area contributed by atoms with E-state index in [0.29, 0.717) is 11.7 Å². The fraction of sp³-hybridized carbons (Fsp3) is 0.179. The molecule has 0 saturated carbocycles. The van der Waals surface area contributed by atoms with Gasteiger partial charge in [-0.1, -0.05) is 96.2 Å². The van der Waals surface area contributed by atoms with Crippen LogP contribution in [0.2, 0.25) is 0 Å². The molecule has 0 saturated heterocycles. The predicted octanol–water partition coefficient (Wildman–Crippen LogP) is 5.73. The standard InChI is InChI=1S/C28H27N3O4S/c1-3-34-20(2)35-31-25(26(32)33)24-19-36-27(29-24)30-28(21-13-7-4-8-14-21,22-15-9-5-10-16-22)23-17-11-6-12-18-23/h4-20H,3H2,1-2H3,(H,29,30)(H,32,33)/b31-25-. The van der Waals surface area contributed by atoms with Crippen LogP contribution in [0.4, 0.5) is 5.13 Å². The van der Waals surface area contributed by atoms with Crippen molar-refractivity contribution in [3.05, 3.63) is 119 Å². The fourth-order valence-electron chi connectivity index (χ4n) is 3.97. The normalized spacial score (nSPS) is 12.7. The average Bonchev–Trinajstić information content (AvgIpc) is 3.37. The highest BCUT2D eigenvalue weighted by atomic mass is 32.1. The number of nitrogens with one attached hydrogen (secondary N) is 1. The molecule has 7 nitrogen and oxygen atoms in total. The lowest BCUT2D eigenvalue weighted by atomic mass is 9.77. The second kappa shape index (κ2) is 11.6. The van der Waals surface area contributed by atoms with Crippen LogP contribution in [-0.2, 0) is 19.9 Å².